The Kier molecular flexibility index (Phi) is 7.11. The Labute approximate surface area is 158 Å². The second-order valence-electron chi connectivity index (χ2n) is 6.00. The summed E-state index contributed by atoms with van der Waals surface area (Å²) < 4.78 is 10.9. The summed E-state index contributed by atoms with van der Waals surface area (Å²) in [6, 6.07) is 15.6. The van der Waals surface area contributed by atoms with E-state index in [0.29, 0.717) is 23.4 Å². The molecule has 0 aliphatic heterocycles. The molecule has 6 heteroatoms. The van der Waals surface area contributed by atoms with Gasteiger partial charge in [-0.2, -0.15) is 0 Å². The van der Waals surface area contributed by atoms with Crippen LogP contribution in [0.3, 0.4) is 0 Å². The summed E-state index contributed by atoms with van der Waals surface area (Å²) in [6.07, 6.45) is -1.45. The molecule has 1 amide bonds. The third-order valence-electron chi connectivity index (χ3n) is 3.88. The van der Waals surface area contributed by atoms with Gasteiger partial charge in [0.25, 0.3) is 5.91 Å². The van der Waals surface area contributed by atoms with Crippen LogP contribution in [0.1, 0.15) is 37.6 Å². The molecule has 2 aromatic rings. The number of ether oxygens (including phenoxy) is 2. The first-order valence-electron chi connectivity index (χ1n) is 8.75. The van der Waals surface area contributed by atoms with E-state index in [-0.39, 0.29) is 5.78 Å². The maximum absolute atomic E-state index is 12.4. The van der Waals surface area contributed by atoms with Crippen molar-refractivity contribution < 1.29 is 23.9 Å². The Morgan fingerprint density at radius 1 is 1.00 bits per heavy atom. The van der Waals surface area contributed by atoms with Crippen LogP contribution in [0.25, 0.3) is 0 Å². The number of rotatable bonds is 8. The quantitative estimate of drug-likeness (QED) is 0.568. The summed E-state index contributed by atoms with van der Waals surface area (Å²) >= 11 is 0. The van der Waals surface area contributed by atoms with Crippen molar-refractivity contribution in [3.63, 3.8) is 0 Å². The minimum atomic E-state index is -1.04. The van der Waals surface area contributed by atoms with Crippen LogP contribution < -0.4 is 10.1 Å². The lowest BCUT2D eigenvalue weighted by Crippen LogP contribution is -2.36. The molecule has 6 nitrogen and oxygen atoms in total. The molecule has 0 spiro atoms. The summed E-state index contributed by atoms with van der Waals surface area (Å²) in [5.74, 6) is -0.762. The SMILES string of the molecule is CC[C@H](Oc1ccccc1)C(=O)O[C@@H](C)C(=O)Nc1ccccc1C(C)=O. The van der Waals surface area contributed by atoms with Gasteiger partial charge in [-0.05, 0) is 44.5 Å². The topological polar surface area (TPSA) is 81.7 Å². The first-order valence-corrected chi connectivity index (χ1v) is 8.75. The molecule has 0 aliphatic rings. The van der Waals surface area contributed by atoms with Gasteiger partial charge >= 0.3 is 5.97 Å². The molecule has 0 heterocycles. The van der Waals surface area contributed by atoms with Crippen LogP contribution in [-0.2, 0) is 14.3 Å². The summed E-state index contributed by atoms with van der Waals surface area (Å²) in [5.41, 5.74) is 0.772. The molecular weight excluding hydrogens is 346 g/mol. The van der Waals surface area contributed by atoms with Crippen LogP contribution in [0.5, 0.6) is 5.75 Å². The van der Waals surface area contributed by atoms with E-state index in [1.165, 1.54) is 13.8 Å². The molecule has 0 saturated heterocycles. The fourth-order valence-corrected chi connectivity index (χ4v) is 2.40. The average Bonchev–Trinajstić information content (AvgIpc) is 2.66. The van der Waals surface area contributed by atoms with E-state index < -0.39 is 24.1 Å². The summed E-state index contributed by atoms with van der Waals surface area (Å²) in [6.45, 7) is 4.68. The zero-order chi connectivity index (χ0) is 19.8. The zero-order valence-corrected chi connectivity index (χ0v) is 15.6. The number of esters is 1. The van der Waals surface area contributed by atoms with E-state index in [2.05, 4.69) is 5.32 Å². The van der Waals surface area contributed by atoms with Crippen molar-refractivity contribution >= 4 is 23.3 Å². The molecular formula is C21H23NO5. The highest BCUT2D eigenvalue weighted by atomic mass is 16.6. The van der Waals surface area contributed by atoms with Gasteiger partial charge in [-0.1, -0.05) is 37.3 Å². The van der Waals surface area contributed by atoms with E-state index in [1.807, 2.05) is 6.07 Å². The van der Waals surface area contributed by atoms with Crippen LogP contribution in [0.2, 0.25) is 0 Å². The normalized spacial score (nSPS) is 12.6. The number of hydrogen-bond acceptors (Lipinski definition) is 5. The lowest BCUT2D eigenvalue weighted by molar-refractivity contribution is -0.160. The van der Waals surface area contributed by atoms with Gasteiger partial charge in [-0.25, -0.2) is 4.79 Å². The zero-order valence-electron chi connectivity index (χ0n) is 15.6. The van der Waals surface area contributed by atoms with Crippen LogP contribution in [-0.4, -0.2) is 29.9 Å². The van der Waals surface area contributed by atoms with Crippen molar-refractivity contribution in [2.24, 2.45) is 0 Å². The van der Waals surface area contributed by atoms with Gasteiger partial charge in [0.05, 0.1) is 5.69 Å². The third kappa shape index (κ3) is 5.67. The van der Waals surface area contributed by atoms with Gasteiger partial charge in [0.15, 0.2) is 18.0 Å². The average molecular weight is 369 g/mol. The molecule has 2 rings (SSSR count). The Bertz CT molecular complexity index is 803. The fourth-order valence-electron chi connectivity index (χ4n) is 2.40. The molecule has 0 bridgehead atoms. The summed E-state index contributed by atoms with van der Waals surface area (Å²) in [5, 5.41) is 2.63. The maximum atomic E-state index is 12.4. The number of para-hydroxylation sites is 2. The molecule has 142 valence electrons. The minimum absolute atomic E-state index is 0.169. The van der Waals surface area contributed by atoms with Gasteiger partial charge < -0.3 is 14.8 Å². The number of Topliss-reactive ketones (excluding diaryl/α,β-unsaturated/α-hetero) is 1. The van der Waals surface area contributed by atoms with E-state index in [1.54, 1.807) is 55.5 Å². The molecule has 2 atom stereocenters. The molecule has 0 fully saturated rings. The first-order chi connectivity index (χ1) is 12.9. The van der Waals surface area contributed by atoms with Gasteiger partial charge in [-0.3, -0.25) is 9.59 Å². The highest BCUT2D eigenvalue weighted by Crippen LogP contribution is 2.17. The van der Waals surface area contributed by atoms with Crippen LogP contribution in [0.4, 0.5) is 5.69 Å². The summed E-state index contributed by atoms with van der Waals surface area (Å²) in [4.78, 5) is 36.3. The molecule has 27 heavy (non-hydrogen) atoms. The number of ketones is 1. The molecule has 1 N–H and O–H groups in total. The smallest absolute Gasteiger partial charge is 0.348 e. The number of carbonyl (C=O) groups excluding carboxylic acids is 3. The van der Waals surface area contributed by atoms with Gasteiger partial charge in [0.1, 0.15) is 5.75 Å². The van der Waals surface area contributed by atoms with E-state index in [9.17, 15) is 14.4 Å². The van der Waals surface area contributed by atoms with E-state index >= 15 is 0 Å². The van der Waals surface area contributed by atoms with Crippen molar-refractivity contribution in [2.45, 2.75) is 39.4 Å². The lowest BCUT2D eigenvalue weighted by Gasteiger charge is -2.20. The fraction of sp³-hybridized carbons (Fsp3) is 0.286. The number of carbonyl (C=O) groups is 3. The molecule has 0 radical (unpaired) electrons. The lowest BCUT2D eigenvalue weighted by atomic mass is 10.1. The minimum Gasteiger partial charge on any atom is -0.479 e. The van der Waals surface area contributed by atoms with Crippen LogP contribution in [0, 0.1) is 0 Å². The van der Waals surface area contributed by atoms with Crippen LogP contribution in [0.15, 0.2) is 54.6 Å². The number of amides is 1. The van der Waals surface area contributed by atoms with Crippen molar-refractivity contribution in [2.75, 3.05) is 5.32 Å². The Morgan fingerprint density at radius 2 is 1.63 bits per heavy atom. The van der Waals surface area contributed by atoms with Gasteiger partial charge in [-0.15, -0.1) is 0 Å². The Morgan fingerprint density at radius 3 is 2.26 bits per heavy atom. The molecule has 2 aromatic carbocycles. The van der Waals surface area contributed by atoms with E-state index in [0.717, 1.165) is 0 Å². The van der Waals surface area contributed by atoms with Crippen molar-refractivity contribution in [3.05, 3.63) is 60.2 Å². The molecule has 0 unspecified atom stereocenters. The second-order valence-corrected chi connectivity index (χ2v) is 6.00. The second kappa shape index (κ2) is 9.52. The number of anilines is 1. The summed E-state index contributed by atoms with van der Waals surface area (Å²) in [7, 11) is 0. The van der Waals surface area contributed by atoms with Crippen molar-refractivity contribution in [3.8, 4) is 5.75 Å². The van der Waals surface area contributed by atoms with Crippen LogP contribution >= 0.6 is 0 Å². The predicted molar refractivity (Wildman–Crippen MR) is 102 cm³/mol. The monoisotopic (exact) mass is 369 g/mol. The third-order valence-corrected chi connectivity index (χ3v) is 3.88. The molecule has 0 aromatic heterocycles. The van der Waals surface area contributed by atoms with Gasteiger partial charge in [0.2, 0.25) is 0 Å². The molecule has 0 aliphatic carbocycles. The number of nitrogens with one attached hydrogen (secondary N) is 1. The highest BCUT2D eigenvalue weighted by molar-refractivity contribution is 6.04. The number of hydrogen-bond donors (Lipinski definition) is 1. The Balaban J connectivity index is 1.98. The first kappa shape index (κ1) is 20.2. The van der Waals surface area contributed by atoms with Crippen molar-refractivity contribution in [1.29, 1.82) is 0 Å². The highest BCUT2D eigenvalue weighted by Gasteiger charge is 2.26. The maximum Gasteiger partial charge on any atom is 0.348 e. The largest absolute Gasteiger partial charge is 0.479 e. The Hall–Kier alpha value is -3.15. The number of benzene rings is 2. The predicted octanol–water partition coefficient (Wildman–Crippen LogP) is 3.62. The molecule has 0 saturated carbocycles. The van der Waals surface area contributed by atoms with E-state index in [4.69, 9.17) is 9.47 Å². The standard InChI is InChI=1S/C21H23NO5/c1-4-19(27-16-10-6-5-7-11-16)21(25)26-15(3)20(24)22-18-13-9-8-12-17(18)14(2)23/h5-13,15,19H,4H2,1-3H3,(H,22,24)/t15-,19-/m0/s1. The van der Waals surface area contributed by atoms with Crippen molar-refractivity contribution in [1.82, 2.24) is 0 Å². The van der Waals surface area contributed by atoms with Gasteiger partial charge in [0, 0.05) is 5.56 Å².